The van der Waals surface area contributed by atoms with Gasteiger partial charge in [-0.15, -0.1) is 11.8 Å². The number of methoxy groups -OCH3 is 1. The zero-order valence-electron chi connectivity index (χ0n) is 19.4. The molecule has 35 heavy (non-hydrogen) atoms. The third kappa shape index (κ3) is 4.62. The molecule has 2 aromatic rings. The first-order valence-corrected chi connectivity index (χ1v) is 12.8. The average Bonchev–Trinajstić information content (AvgIpc) is 3.52. The van der Waals surface area contributed by atoms with E-state index in [0.717, 1.165) is 35.1 Å². The fourth-order valence-corrected chi connectivity index (χ4v) is 6.68. The third-order valence-corrected chi connectivity index (χ3v) is 8.33. The second kappa shape index (κ2) is 9.91. The van der Waals surface area contributed by atoms with Gasteiger partial charge in [0.25, 0.3) is 0 Å². The van der Waals surface area contributed by atoms with Gasteiger partial charge in [-0.1, -0.05) is 48.5 Å². The molecular weight excluding hydrogens is 468 g/mol. The van der Waals surface area contributed by atoms with E-state index in [1.807, 2.05) is 36.4 Å². The summed E-state index contributed by atoms with van der Waals surface area (Å²) in [6, 6.07) is 14.2. The van der Waals surface area contributed by atoms with E-state index in [1.54, 1.807) is 0 Å². The van der Waals surface area contributed by atoms with Crippen LogP contribution in [-0.2, 0) is 19.1 Å². The molecule has 184 valence electrons. The number of rotatable bonds is 8. The van der Waals surface area contributed by atoms with E-state index in [2.05, 4.69) is 17.4 Å². The van der Waals surface area contributed by atoms with Crippen LogP contribution in [0.15, 0.2) is 48.5 Å². The number of amides is 2. The first-order valence-electron chi connectivity index (χ1n) is 11.8. The summed E-state index contributed by atoms with van der Waals surface area (Å²) in [6.07, 6.45) is 1.22. The summed E-state index contributed by atoms with van der Waals surface area (Å²) >= 11 is 1.49. The van der Waals surface area contributed by atoms with Gasteiger partial charge in [-0.3, -0.25) is 4.79 Å². The largest absolute Gasteiger partial charge is 0.480 e. The third-order valence-electron chi connectivity index (χ3n) is 6.87. The first-order chi connectivity index (χ1) is 17.0. The summed E-state index contributed by atoms with van der Waals surface area (Å²) in [6.45, 7) is 0.0453. The average molecular weight is 497 g/mol. The van der Waals surface area contributed by atoms with Gasteiger partial charge in [0.1, 0.15) is 18.7 Å². The van der Waals surface area contributed by atoms with Crippen molar-refractivity contribution < 1.29 is 29.0 Å². The highest BCUT2D eigenvalue weighted by molar-refractivity contribution is 8.00. The van der Waals surface area contributed by atoms with Crippen molar-refractivity contribution in [2.75, 3.05) is 26.1 Å². The Balaban J connectivity index is 1.27. The second-order valence-corrected chi connectivity index (χ2v) is 10.3. The molecule has 3 unspecified atom stereocenters. The number of carboxylic acid groups (broad SMARTS) is 1. The highest BCUT2D eigenvalue weighted by Gasteiger charge is 2.49. The summed E-state index contributed by atoms with van der Waals surface area (Å²) < 4.78 is 10.8. The van der Waals surface area contributed by atoms with Crippen LogP contribution in [0.1, 0.15) is 29.9 Å². The number of nitrogens with zero attached hydrogens (tertiary/aromatic N) is 1. The van der Waals surface area contributed by atoms with E-state index in [-0.39, 0.29) is 24.5 Å². The Hall–Kier alpha value is -3.04. The molecule has 1 aliphatic heterocycles. The van der Waals surface area contributed by atoms with Crippen LogP contribution in [0.25, 0.3) is 11.1 Å². The maximum atomic E-state index is 13.4. The van der Waals surface area contributed by atoms with Crippen LogP contribution in [0.2, 0.25) is 0 Å². The lowest BCUT2D eigenvalue weighted by Gasteiger charge is -2.31. The van der Waals surface area contributed by atoms with Gasteiger partial charge in [-0.05, 0) is 41.0 Å². The predicted octanol–water partition coefficient (Wildman–Crippen LogP) is 3.30. The Morgan fingerprint density at radius 1 is 1.09 bits per heavy atom. The molecule has 2 fully saturated rings. The zero-order valence-corrected chi connectivity index (χ0v) is 20.2. The molecule has 0 radical (unpaired) electrons. The van der Waals surface area contributed by atoms with E-state index in [1.165, 1.54) is 23.8 Å². The molecule has 2 amide bonds. The molecule has 3 atom stereocenters. The smallest absolute Gasteiger partial charge is 0.407 e. The maximum Gasteiger partial charge on any atom is 0.407 e. The number of ether oxygens (including phenoxy) is 2. The van der Waals surface area contributed by atoms with Gasteiger partial charge < -0.3 is 24.8 Å². The standard InChI is InChI=1S/C26H28N2O6S/c1-33-13-21(23(29)28-22(25(30)31)14-35-24(28)15-10-11-15)27-26(32)34-12-20-18-8-4-2-6-16(18)17-7-3-5-9-19(17)20/h2-9,15,20-22,24H,10-14H2,1H3,(H,27,32)(H,30,31). The summed E-state index contributed by atoms with van der Waals surface area (Å²) in [5.74, 6) is -0.949. The molecule has 1 saturated heterocycles. The molecule has 0 bridgehead atoms. The number of hydrogen-bond donors (Lipinski definition) is 2. The molecule has 5 rings (SSSR count). The van der Waals surface area contributed by atoms with Crippen molar-refractivity contribution in [1.29, 1.82) is 0 Å². The number of nitrogens with one attached hydrogen (secondary N) is 1. The monoisotopic (exact) mass is 496 g/mol. The van der Waals surface area contributed by atoms with Gasteiger partial charge in [0, 0.05) is 18.8 Å². The molecule has 1 saturated carbocycles. The number of carbonyl (C=O) groups is 3. The number of carboxylic acids is 1. The molecule has 2 aliphatic carbocycles. The van der Waals surface area contributed by atoms with E-state index in [9.17, 15) is 19.5 Å². The minimum Gasteiger partial charge on any atom is -0.480 e. The number of aliphatic carboxylic acids is 1. The molecule has 0 aromatic heterocycles. The fourth-order valence-electron chi connectivity index (χ4n) is 5.05. The number of thioether (sulfide) groups is 1. The van der Waals surface area contributed by atoms with Crippen molar-refractivity contribution >= 4 is 29.7 Å². The topological polar surface area (TPSA) is 105 Å². The van der Waals surface area contributed by atoms with Gasteiger partial charge in [-0.2, -0.15) is 0 Å². The van der Waals surface area contributed by atoms with Crippen molar-refractivity contribution in [3.05, 3.63) is 59.7 Å². The van der Waals surface area contributed by atoms with Crippen LogP contribution in [0.5, 0.6) is 0 Å². The summed E-state index contributed by atoms with van der Waals surface area (Å²) in [5.41, 5.74) is 4.44. The lowest BCUT2D eigenvalue weighted by atomic mass is 9.98. The molecular formula is C26H28N2O6S. The van der Waals surface area contributed by atoms with Crippen molar-refractivity contribution in [2.24, 2.45) is 5.92 Å². The zero-order chi connectivity index (χ0) is 24.5. The normalized spacial score (nSPS) is 21.8. The Labute approximate surface area is 208 Å². The predicted molar refractivity (Wildman–Crippen MR) is 131 cm³/mol. The van der Waals surface area contributed by atoms with Gasteiger partial charge >= 0.3 is 12.1 Å². The molecule has 1 heterocycles. The van der Waals surface area contributed by atoms with Crippen molar-refractivity contribution in [1.82, 2.24) is 10.2 Å². The highest BCUT2D eigenvalue weighted by atomic mass is 32.2. The fraction of sp³-hybridized carbons (Fsp3) is 0.423. The van der Waals surface area contributed by atoms with E-state index in [4.69, 9.17) is 9.47 Å². The first kappa shape index (κ1) is 23.7. The van der Waals surface area contributed by atoms with Crippen molar-refractivity contribution in [2.45, 2.75) is 36.2 Å². The van der Waals surface area contributed by atoms with Crippen LogP contribution in [0, 0.1) is 5.92 Å². The van der Waals surface area contributed by atoms with E-state index < -0.39 is 30.1 Å². The van der Waals surface area contributed by atoms with E-state index in [0.29, 0.717) is 11.7 Å². The Bertz CT molecular complexity index is 1090. The number of fused-ring (bicyclic) bond motifs is 3. The molecule has 2 N–H and O–H groups in total. The lowest BCUT2D eigenvalue weighted by Crippen LogP contribution is -2.56. The SMILES string of the molecule is COCC(NC(=O)OCC1c2ccccc2-c2ccccc21)C(=O)N1C(C(=O)O)CSC1C1CC1. The van der Waals surface area contributed by atoms with Gasteiger partial charge in [0.05, 0.1) is 12.0 Å². The van der Waals surface area contributed by atoms with Gasteiger partial charge in [0.2, 0.25) is 5.91 Å². The number of benzene rings is 2. The van der Waals surface area contributed by atoms with Crippen LogP contribution < -0.4 is 5.32 Å². The van der Waals surface area contributed by atoms with Crippen LogP contribution in [0.3, 0.4) is 0 Å². The van der Waals surface area contributed by atoms with Crippen LogP contribution >= 0.6 is 11.8 Å². The van der Waals surface area contributed by atoms with Crippen LogP contribution in [-0.4, -0.2) is 71.5 Å². The van der Waals surface area contributed by atoms with E-state index >= 15 is 0 Å². The number of alkyl carbamates (subject to hydrolysis) is 1. The summed E-state index contributed by atoms with van der Waals surface area (Å²) in [7, 11) is 1.44. The van der Waals surface area contributed by atoms with Crippen LogP contribution in [0.4, 0.5) is 4.79 Å². The number of carbonyl (C=O) groups excluding carboxylic acids is 2. The molecule has 2 aromatic carbocycles. The summed E-state index contributed by atoms with van der Waals surface area (Å²) in [4.78, 5) is 39.4. The molecule has 3 aliphatic rings. The number of hydrogen-bond acceptors (Lipinski definition) is 6. The Morgan fingerprint density at radius 3 is 2.29 bits per heavy atom. The summed E-state index contributed by atoms with van der Waals surface area (Å²) in [5, 5.41) is 12.1. The minimum atomic E-state index is -1.04. The second-order valence-electron chi connectivity index (χ2n) is 9.14. The minimum absolute atomic E-state index is 0.0755. The molecule has 8 nitrogen and oxygen atoms in total. The Kier molecular flexibility index (Phi) is 6.71. The molecule has 0 spiro atoms. The quantitative estimate of drug-likeness (QED) is 0.578. The lowest BCUT2D eigenvalue weighted by molar-refractivity contribution is -0.150. The van der Waals surface area contributed by atoms with Gasteiger partial charge in [-0.25, -0.2) is 9.59 Å². The highest BCUT2D eigenvalue weighted by Crippen LogP contribution is 2.46. The van der Waals surface area contributed by atoms with Crippen molar-refractivity contribution in [3.63, 3.8) is 0 Å². The molecule has 9 heteroatoms. The van der Waals surface area contributed by atoms with Crippen molar-refractivity contribution in [3.8, 4) is 11.1 Å². The Morgan fingerprint density at radius 2 is 1.71 bits per heavy atom. The maximum absolute atomic E-state index is 13.4. The van der Waals surface area contributed by atoms with Gasteiger partial charge in [0.15, 0.2) is 0 Å².